The fourth-order valence-electron chi connectivity index (χ4n) is 2.13. The molecule has 6 heteroatoms. The maximum absolute atomic E-state index is 11.9. The van der Waals surface area contributed by atoms with Crippen LogP contribution in [0.4, 0.5) is 4.79 Å². The Morgan fingerprint density at radius 1 is 1.39 bits per heavy atom. The molecule has 1 heterocycles. The van der Waals surface area contributed by atoms with Crippen LogP contribution in [-0.2, 0) is 9.53 Å². The number of amides is 1. The Bertz CT molecular complexity index is 323. The highest BCUT2D eigenvalue weighted by atomic mass is 16.6. The van der Waals surface area contributed by atoms with Crippen molar-refractivity contribution in [3.05, 3.63) is 0 Å². The van der Waals surface area contributed by atoms with E-state index in [1.165, 1.54) is 4.90 Å². The van der Waals surface area contributed by atoms with Crippen LogP contribution in [0.25, 0.3) is 0 Å². The van der Waals surface area contributed by atoms with Gasteiger partial charge in [0.25, 0.3) is 0 Å². The van der Waals surface area contributed by atoms with E-state index in [1.807, 2.05) is 0 Å². The monoisotopic (exact) mass is 259 g/mol. The van der Waals surface area contributed by atoms with Crippen LogP contribution in [-0.4, -0.2) is 52.0 Å². The first-order valence-electron chi connectivity index (χ1n) is 6.09. The number of nitrogens with zero attached hydrogens (tertiary/aromatic N) is 1. The van der Waals surface area contributed by atoms with Crippen LogP contribution in [0.1, 0.15) is 33.6 Å². The quantitative estimate of drug-likeness (QED) is 0.774. The minimum Gasteiger partial charge on any atom is -0.480 e. The number of rotatable bonds is 2. The SMILES string of the molecule is CC(C)(C)OC(=O)N1CCC[C@H](CO)C1C(=O)O. The molecule has 6 nitrogen and oxygen atoms in total. The van der Waals surface area contributed by atoms with Crippen LogP contribution in [0, 0.1) is 5.92 Å². The van der Waals surface area contributed by atoms with E-state index in [4.69, 9.17) is 4.74 Å². The van der Waals surface area contributed by atoms with Gasteiger partial charge in [0.15, 0.2) is 0 Å². The van der Waals surface area contributed by atoms with E-state index < -0.39 is 29.6 Å². The Kier molecular flexibility index (Phi) is 4.56. The molecule has 1 fully saturated rings. The Hall–Kier alpha value is -1.30. The number of aliphatic carboxylic acids is 1. The molecule has 1 rings (SSSR count). The number of ether oxygens (including phenoxy) is 1. The van der Waals surface area contributed by atoms with Crippen molar-refractivity contribution in [3.8, 4) is 0 Å². The molecule has 18 heavy (non-hydrogen) atoms. The van der Waals surface area contributed by atoms with E-state index in [0.29, 0.717) is 19.4 Å². The second-order valence-corrected chi connectivity index (χ2v) is 5.54. The number of carbonyl (C=O) groups is 2. The van der Waals surface area contributed by atoms with Gasteiger partial charge in [0, 0.05) is 19.1 Å². The topological polar surface area (TPSA) is 87.1 Å². The molecule has 1 aliphatic rings. The van der Waals surface area contributed by atoms with Crippen LogP contribution in [0.15, 0.2) is 0 Å². The van der Waals surface area contributed by atoms with Gasteiger partial charge in [-0.05, 0) is 33.6 Å². The van der Waals surface area contributed by atoms with Crippen molar-refractivity contribution >= 4 is 12.1 Å². The largest absolute Gasteiger partial charge is 0.480 e. The van der Waals surface area contributed by atoms with Gasteiger partial charge in [-0.2, -0.15) is 0 Å². The number of hydrogen-bond donors (Lipinski definition) is 2. The second kappa shape index (κ2) is 5.56. The zero-order chi connectivity index (χ0) is 13.9. The molecule has 1 amide bonds. The van der Waals surface area contributed by atoms with Crippen molar-refractivity contribution in [2.45, 2.75) is 45.3 Å². The lowest BCUT2D eigenvalue weighted by molar-refractivity contribution is -0.147. The number of aliphatic hydroxyl groups is 1. The second-order valence-electron chi connectivity index (χ2n) is 5.54. The van der Waals surface area contributed by atoms with Gasteiger partial charge in [0.05, 0.1) is 0 Å². The summed E-state index contributed by atoms with van der Waals surface area (Å²) in [5.41, 5.74) is -0.660. The molecule has 0 radical (unpaired) electrons. The molecule has 0 saturated carbocycles. The third kappa shape index (κ3) is 3.60. The molecular formula is C12H21NO5. The smallest absolute Gasteiger partial charge is 0.411 e. The van der Waals surface area contributed by atoms with Crippen molar-refractivity contribution < 1.29 is 24.5 Å². The van der Waals surface area contributed by atoms with Gasteiger partial charge < -0.3 is 14.9 Å². The molecule has 104 valence electrons. The summed E-state index contributed by atoms with van der Waals surface area (Å²) in [7, 11) is 0. The van der Waals surface area contributed by atoms with Gasteiger partial charge in [0.2, 0.25) is 0 Å². The summed E-state index contributed by atoms with van der Waals surface area (Å²) in [6.07, 6.45) is 0.647. The molecule has 0 spiro atoms. The zero-order valence-corrected chi connectivity index (χ0v) is 11.0. The van der Waals surface area contributed by atoms with Gasteiger partial charge in [-0.25, -0.2) is 9.59 Å². The van der Waals surface area contributed by atoms with Gasteiger partial charge in [-0.15, -0.1) is 0 Å². The Balaban J connectivity index is 2.83. The summed E-state index contributed by atoms with van der Waals surface area (Å²) in [6.45, 7) is 5.30. The summed E-state index contributed by atoms with van der Waals surface area (Å²) >= 11 is 0. The van der Waals surface area contributed by atoms with E-state index in [2.05, 4.69) is 0 Å². The number of aliphatic hydroxyl groups excluding tert-OH is 1. The van der Waals surface area contributed by atoms with Crippen molar-refractivity contribution in [3.63, 3.8) is 0 Å². The standard InChI is InChI=1S/C12H21NO5/c1-12(2,3)18-11(17)13-6-4-5-8(7-14)9(13)10(15)16/h8-9,14H,4-7H2,1-3H3,(H,15,16)/t8-,9?/m1/s1. The zero-order valence-electron chi connectivity index (χ0n) is 11.0. The normalized spacial score (nSPS) is 24.8. The Morgan fingerprint density at radius 3 is 2.44 bits per heavy atom. The summed E-state index contributed by atoms with van der Waals surface area (Å²) < 4.78 is 5.19. The van der Waals surface area contributed by atoms with Crippen LogP contribution in [0.3, 0.4) is 0 Å². The molecule has 0 aromatic heterocycles. The van der Waals surface area contributed by atoms with Crippen LogP contribution >= 0.6 is 0 Å². The molecule has 0 aromatic rings. The van der Waals surface area contributed by atoms with E-state index in [-0.39, 0.29) is 6.61 Å². The van der Waals surface area contributed by atoms with Crippen LogP contribution < -0.4 is 0 Å². The highest BCUT2D eigenvalue weighted by Gasteiger charge is 2.40. The maximum atomic E-state index is 11.9. The minimum absolute atomic E-state index is 0.240. The van der Waals surface area contributed by atoms with Crippen molar-refractivity contribution in [1.82, 2.24) is 4.90 Å². The average Bonchev–Trinajstić information content (AvgIpc) is 2.25. The fraction of sp³-hybridized carbons (Fsp3) is 0.833. The summed E-state index contributed by atoms with van der Waals surface area (Å²) in [5, 5.41) is 18.4. The van der Waals surface area contributed by atoms with Crippen LogP contribution in [0.5, 0.6) is 0 Å². The summed E-state index contributed by atoms with van der Waals surface area (Å²) in [4.78, 5) is 24.4. The highest BCUT2D eigenvalue weighted by Crippen LogP contribution is 2.25. The van der Waals surface area contributed by atoms with Crippen molar-refractivity contribution in [1.29, 1.82) is 0 Å². The minimum atomic E-state index is -1.10. The lowest BCUT2D eigenvalue weighted by Crippen LogP contribution is -2.54. The molecule has 2 N–H and O–H groups in total. The predicted octanol–water partition coefficient (Wildman–Crippen LogP) is 1.08. The number of carbonyl (C=O) groups excluding carboxylic acids is 1. The first kappa shape index (κ1) is 14.8. The number of piperidine rings is 1. The molecule has 0 aliphatic carbocycles. The first-order valence-corrected chi connectivity index (χ1v) is 6.09. The molecule has 1 unspecified atom stereocenters. The summed E-state index contributed by atoms with van der Waals surface area (Å²) in [5.74, 6) is -1.52. The van der Waals surface area contributed by atoms with E-state index in [0.717, 1.165) is 0 Å². The molecule has 1 saturated heterocycles. The lowest BCUT2D eigenvalue weighted by Gasteiger charge is -2.38. The average molecular weight is 259 g/mol. The van der Waals surface area contributed by atoms with Crippen LogP contribution in [0.2, 0.25) is 0 Å². The maximum Gasteiger partial charge on any atom is 0.411 e. The van der Waals surface area contributed by atoms with Crippen molar-refractivity contribution in [2.75, 3.05) is 13.2 Å². The van der Waals surface area contributed by atoms with E-state index in [1.54, 1.807) is 20.8 Å². The number of carboxylic acid groups (broad SMARTS) is 1. The number of carboxylic acids is 1. The molecule has 0 bridgehead atoms. The molecular weight excluding hydrogens is 238 g/mol. The number of hydrogen-bond acceptors (Lipinski definition) is 4. The van der Waals surface area contributed by atoms with Gasteiger partial charge in [0.1, 0.15) is 11.6 Å². The lowest BCUT2D eigenvalue weighted by atomic mass is 9.90. The third-order valence-corrected chi connectivity index (χ3v) is 2.87. The Labute approximate surface area is 107 Å². The van der Waals surface area contributed by atoms with Gasteiger partial charge in [-0.3, -0.25) is 4.90 Å². The first-order chi connectivity index (χ1) is 8.26. The highest BCUT2D eigenvalue weighted by molar-refractivity contribution is 5.80. The fourth-order valence-corrected chi connectivity index (χ4v) is 2.13. The molecule has 0 aromatic carbocycles. The Morgan fingerprint density at radius 2 is 2.00 bits per heavy atom. The van der Waals surface area contributed by atoms with E-state index >= 15 is 0 Å². The number of likely N-dealkylation sites (tertiary alicyclic amines) is 1. The van der Waals surface area contributed by atoms with Gasteiger partial charge >= 0.3 is 12.1 Å². The predicted molar refractivity (Wildman–Crippen MR) is 64.2 cm³/mol. The van der Waals surface area contributed by atoms with E-state index in [9.17, 15) is 19.8 Å². The van der Waals surface area contributed by atoms with Crippen molar-refractivity contribution in [2.24, 2.45) is 5.92 Å². The van der Waals surface area contributed by atoms with Gasteiger partial charge in [-0.1, -0.05) is 0 Å². The molecule has 2 atom stereocenters. The third-order valence-electron chi connectivity index (χ3n) is 2.87. The molecule has 1 aliphatic heterocycles. The summed E-state index contributed by atoms with van der Waals surface area (Å²) in [6, 6.07) is -1.00.